The number of guanidine groups is 1. The summed E-state index contributed by atoms with van der Waals surface area (Å²) in [6, 6.07) is 14.4. The fraction of sp³-hybridized carbons (Fsp3) is 0.417. The molecule has 0 bridgehead atoms. The van der Waals surface area contributed by atoms with Crippen molar-refractivity contribution in [3.63, 3.8) is 0 Å². The molecule has 1 amide bonds. The Morgan fingerprint density at radius 1 is 1.10 bits per heavy atom. The molecule has 5 nitrogen and oxygen atoms in total. The maximum atomic E-state index is 13.6. The van der Waals surface area contributed by atoms with Crippen molar-refractivity contribution < 1.29 is 9.18 Å². The van der Waals surface area contributed by atoms with Crippen LogP contribution in [-0.4, -0.2) is 50.5 Å². The Hall–Kier alpha value is -2.89. The molecule has 0 aliphatic heterocycles. The number of nitrogens with zero attached hydrogens (tertiary/aromatic N) is 2. The SMILES string of the molecule is CCNC(=NCC(C)(C)c1cccc(F)c1)NCCc1cccc(C(=O)N(C)C)c1. The standard InChI is InChI=1S/C24H33FN4O/c1-6-26-23(28-17-24(2,3)20-11-8-12-21(25)16-20)27-14-13-18-9-7-10-19(15-18)22(30)29(4)5/h7-12,15-16H,6,13-14,17H2,1-5H3,(H2,26,27,28). The number of carbonyl (C=O) groups is 1. The summed E-state index contributed by atoms with van der Waals surface area (Å²) in [6.07, 6.45) is 0.770. The zero-order chi connectivity index (χ0) is 22.1. The molecular weight excluding hydrogens is 379 g/mol. The minimum Gasteiger partial charge on any atom is -0.357 e. The molecule has 0 atom stereocenters. The molecule has 162 valence electrons. The molecule has 0 saturated heterocycles. The van der Waals surface area contributed by atoms with E-state index in [0.717, 1.165) is 30.1 Å². The van der Waals surface area contributed by atoms with Gasteiger partial charge in [0.2, 0.25) is 0 Å². The molecule has 0 spiro atoms. The second kappa shape index (κ2) is 10.8. The van der Waals surface area contributed by atoms with Crippen LogP contribution in [0.25, 0.3) is 0 Å². The van der Waals surface area contributed by atoms with E-state index in [0.29, 0.717) is 18.7 Å². The van der Waals surface area contributed by atoms with Crippen LogP contribution >= 0.6 is 0 Å². The van der Waals surface area contributed by atoms with E-state index in [1.165, 1.54) is 6.07 Å². The van der Waals surface area contributed by atoms with E-state index in [2.05, 4.69) is 24.5 Å². The van der Waals surface area contributed by atoms with Crippen LogP contribution in [-0.2, 0) is 11.8 Å². The highest BCUT2D eigenvalue weighted by Gasteiger charge is 2.21. The molecule has 0 heterocycles. The van der Waals surface area contributed by atoms with Crippen LogP contribution in [0.2, 0.25) is 0 Å². The molecule has 0 aliphatic carbocycles. The first-order valence-electron chi connectivity index (χ1n) is 10.3. The minimum absolute atomic E-state index is 0.000657. The highest BCUT2D eigenvalue weighted by Crippen LogP contribution is 2.24. The first-order valence-corrected chi connectivity index (χ1v) is 10.3. The van der Waals surface area contributed by atoms with E-state index < -0.39 is 0 Å². The number of aliphatic imine (C=N–C) groups is 1. The summed E-state index contributed by atoms with van der Waals surface area (Å²) in [5, 5.41) is 6.60. The molecule has 0 saturated carbocycles. The topological polar surface area (TPSA) is 56.7 Å². The van der Waals surface area contributed by atoms with Gasteiger partial charge in [-0.05, 0) is 48.7 Å². The second-order valence-electron chi connectivity index (χ2n) is 8.17. The molecule has 2 aromatic carbocycles. The van der Waals surface area contributed by atoms with Crippen molar-refractivity contribution >= 4 is 11.9 Å². The molecule has 0 fully saturated rings. The minimum atomic E-state index is -0.286. The molecule has 2 rings (SSSR count). The fourth-order valence-corrected chi connectivity index (χ4v) is 3.06. The average Bonchev–Trinajstić information content (AvgIpc) is 2.71. The number of halogens is 1. The molecule has 2 aromatic rings. The first kappa shape index (κ1) is 23.4. The largest absolute Gasteiger partial charge is 0.357 e. The van der Waals surface area contributed by atoms with Crippen LogP contribution < -0.4 is 10.6 Å². The third-order valence-corrected chi connectivity index (χ3v) is 4.87. The van der Waals surface area contributed by atoms with E-state index in [1.807, 2.05) is 37.3 Å². The molecule has 0 aliphatic rings. The fourth-order valence-electron chi connectivity index (χ4n) is 3.06. The van der Waals surface area contributed by atoms with Gasteiger partial charge in [-0.3, -0.25) is 9.79 Å². The Kier molecular flexibility index (Phi) is 8.39. The van der Waals surface area contributed by atoms with Gasteiger partial charge in [0.25, 0.3) is 5.91 Å². The Morgan fingerprint density at radius 2 is 1.83 bits per heavy atom. The van der Waals surface area contributed by atoms with E-state index in [-0.39, 0.29) is 17.1 Å². The zero-order valence-corrected chi connectivity index (χ0v) is 18.6. The number of hydrogen-bond donors (Lipinski definition) is 2. The summed E-state index contributed by atoms with van der Waals surface area (Å²) in [4.78, 5) is 18.4. The van der Waals surface area contributed by atoms with Gasteiger partial charge in [0.05, 0.1) is 6.54 Å². The Morgan fingerprint density at radius 3 is 2.50 bits per heavy atom. The number of benzene rings is 2. The second-order valence-corrected chi connectivity index (χ2v) is 8.17. The Bertz CT molecular complexity index is 877. The smallest absolute Gasteiger partial charge is 0.253 e. The molecule has 0 radical (unpaired) electrons. The summed E-state index contributed by atoms with van der Waals surface area (Å²) < 4.78 is 13.6. The van der Waals surface area contributed by atoms with Crippen LogP contribution in [0, 0.1) is 5.82 Å². The molecule has 6 heteroatoms. The molecule has 2 N–H and O–H groups in total. The molecule has 0 unspecified atom stereocenters. The average molecular weight is 413 g/mol. The number of rotatable bonds is 8. The van der Waals surface area contributed by atoms with Gasteiger partial charge in [-0.15, -0.1) is 0 Å². The summed E-state index contributed by atoms with van der Waals surface area (Å²) in [7, 11) is 3.50. The van der Waals surface area contributed by atoms with Crippen LogP contribution in [0.1, 0.15) is 42.3 Å². The third kappa shape index (κ3) is 6.87. The summed E-state index contributed by atoms with van der Waals surface area (Å²) in [5.41, 5.74) is 2.41. The van der Waals surface area contributed by atoms with Gasteiger partial charge < -0.3 is 15.5 Å². The lowest BCUT2D eigenvalue weighted by molar-refractivity contribution is 0.0827. The van der Waals surface area contributed by atoms with Gasteiger partial charge in [0.1, 0.15) is 5.82 Å². The number of amides is 1. The maximum Gasteiger partial charge on any atom is 0.253 e. The van der Waals surface area contributed by atoms with E-state index in [9.17, 15) is 9.18 Å². The van der Waals surface area contributed by atoms with Crippen molar-refractivity contribution in [3.8, 4) is 0 Å². The van der Waals surface area contributed by atoms with Crippen LogP contribution in [0.4, 0.5) is 4.39 Å². The lowest BCUT2D eigenvalue weighted by Crippen LogP contribution is -2.39. The van der Waals surface area contributed by atoms with E-state index in [4.69, 9.17) is 4.99 Å². The highest BCUT2D eigenvalue weighted by atomic mass is 19.1. The predicted molar refractivity (Wildman–Crippen MR) is 122 cm³/mol. The summed E-state index contributed by atoms with van der Waals surface area (Å²) in [5.74, 6) is 0.492. The lowest BCUT2D eigenvalue weighted by atomic mass is 9.85. The van der Waals surface area contributed by atoms with Gasteiger partial charge >= 0.3 is 0 Å². The quantitative estimate of drug-likeness (QED) is 0.515. The van der Waals surface area contributed by atoms with Crippen molar-refractivity contribution in [2.75, 3.05) is 33.7 Å². The maximum absolute atomic E-state index is 13.6. The third-order valence-electron chi connectivity index (χ3n) is 4.87. The number of carbonyl (C=O) groups excluding carboxylic acids is 1. The first-order chi connectivity index (χ1) is 14.2. The van der Waals surface area contributed by atoms with E-state index >= 15 is 0 Å². The summed E-state index contributed by atoms with van der Waals surface area (Å²) >= 11 is 0. The van der Waals surface area contributed by atoms with Gasteiger partial charge in [-0.1, -0.05) is 38.1 Å². The number of hydrogen-bond acceptors (Lipinski definition) is 2. The molecule has 0 aromatic heterocycles. The Labute approximate surface area is 179 Å². The molecule has 30 heavy (non-hydrogen) atoms. The Balaban J connectivity index is 1.99. The monoisotopic (exact) mass is 412 g/mol. The van der Waals surface area contributed by atoms with Crippen molar-refractivity contribution in [2.45, 2.75) is 32.6 Å². The van der Waals surface area contributed by atoms with Crippen molar-refractivity contribution in [3.05, 3.63) is 71.0 Å². The van der Waals surface area contributed by atoms with Crippen LogP contribution in [0.3, 0.4) is 0 Å². The van der Waals surface area contributed by atoms with Crippen LogP contribution in [0.15, 0.2) is 53.5 Å². The highest BCUT2D eigenvalue weighted by molar-refractivity contribution is 5.94. The van der Waals surface area contributed by atoms with Crippen molar-refractivity contribution in [1.29, 1.82) is 0 Å². The summed E-state index contributed by atoms with van der Waals surface area (Å²) in [6.45, 7) is 8.10. The van der Waals surface area contributed by atoms with Gasteiger partial charge in [-0.2, -0.15) is 0 Å². The van der Waals surface area contributed by atoms with Crippen LogP contribution in [0.5, 0.6) is 0 Å². The molecular formula is C24H33FN4O. The lowest BCUT2D eigenvalue weighted by Gasteiger charge is -2.24. The predicted octanol–water partition coefficient (Wildman–Crippen LogP) is 3.60. The number of nitrogens with one attached hydrogen (secondary N) is 2. The van der Waals surface area contributed by atoms with Gasteiger partial charge in [0, 0.05) is 38.2 Å². The van der Waals surface area contributed by atoms with Gasteiger partial charge in [0.15, 0.2) is 5.96 Å². The normalized spacial score (nSPS) is 11.9. The van der Waals surface area contributed by atoms with Crippen molar-refractivity contribution in [1.82, 2.24) is 15.5 Å². The van der Waals surface area contributed by atoms with Crippen molar-refractivity contribution in [2.24, 2.45) is 4.99 Å². The van der Waals surface area contributed by atoms with Gasteiger partial charge in [-0.25, -0.2) is 4.39 Å². The van der Waals surface area contributed by atoms with E-state index in [1.54, 1.807) is 31.1 Å². The zero-order valence-electron chi connectivity index (χ0n) is 18.6.